The molecule has 1 aromatic rings. The molecule has 0 fully saturated rings. The molecule has 0 spiro atoms. The van der Waals surface area contributed by atoms with Crippen molar-refractivity contribution in [1.82, 2.24) is 0 Å². The number of aryl methyl sites for hydroxylation is 1. The minimum atomic E-state index is -3.76. The van der Waals surface area contributed by atoms with Crippen LogP contribution < -0.4 is 4.72 Å². The summed E-state index contributed by atoms with van der Waals surface area (Å²) in [6.45, 7) is 3.33. The van der Waals surface area contributed by atoms with Crippen LogP contribution in [0.2, 0.25) is 0 Å². The fraction of sp³-hybridized carbons (Fsp3) is 0.273. The van der Waals surface area contributed by atoms with Gasteiger partial charge in [0.2, 0.25) is 10.0 Å². The second-order valence-corrected chi connectivity index (χ2v) is 5.51. The van der Waals surface area contributed by atoms with Gasteiger partial charge in [0.1, 0.15) is 0 Å². The standard InChI is InChI=1S/C11H12N2O4S/c1-7-5-9(13-18(16,17)4-3-12)6-10(8(7)2)11(14)15/h5-6,13H,4H2,1-2H3,(H,14,15). The Hall–Kier alpha value is -2.07. The molecular formula is C11H12N2O4S. The summed E-state index contributed by atoms with van der Waals surface area (Å²) in [5, 5.41) is 17.3. The molecule has 6 nitrogen and oxygen atoms in total. The first-order chi connectivity index (χ1) is 8.26. The van der Waals surface area contributed by atoms with Crippen molar-refractivity contribution in [2.24, 2.45) is 0 Å². The smallest absolute Gasteiger partial charge is 0.336 e. The van der Waals surface area contributed by atoms with E-state index in [1.807, 2.05) is 0 Å². The Morgan fingerprint density at radius 1 is 1.44 bits per heavy atom. The highest BCUT2D eigenvalue weighted by Gasteiger charge is 2.14. The van der Waals surface area contributed by atoms with Gasteiger partial charge in [0, 0.05) is 5.69 Å². The average Bonchev–Trinajstić information content (AvgIpc) is 2.21. The first-order valence-corrected chi connectivity index (χ1v) is 6.64. The third kappa shape index (κ3) is 3.21. The molecule has 0 saturated heterocycles. The van der Waals surface area contributed by atoms with Crippen LogP contribution in [0.3, 0.4) is 0 Å². The number of nitrogens with one attached hydrogen (secondary N) is 1. The number of anilines is 1. The minimum Gasteiger partial charge on any atom is -0.478 e. The Balaban J connectivity index is 3.21. The predicted molar refractivity (Wildman–Crippen MR) is 65.9 cm³/mol. The Labute approximate surface area is 105 Å². The molecule has 0 saturated carbocycles. The second kappa shape index (κ2) is 5.06. The minimum absolute atomic E-state index is 0.0321. The van der Waals surface area contributed by atoms with Crippen molar-refractivity contribution in [3.05, 3.63) is 28.8 Å². The zero-order valence-corrected chi connectivity index (χ0v) is 10.7. The van der Waals surface area contributed by atoms with Crippen molar-refractivity contribution in [3.8, 4) is 6.07 Å². The maximum absolute atomic E-state index is 11.4. The Morgan fingerprint density at radius 2 is 2.06 bits per heavy atom. The lowest BCUT2D eigenvalue weighted by atomic mass is 10.0. The molecule has 0 aliphatic heterocycles. The molecule has 0 heterocycles. The molecule has 0 bridgehead atoms. The van der Waals surface area contributed by atoms with E-state index in [1.54, 1.807) is 13.8 Å². The summed E-state index contributed by atoms with van der Waals surface area (Å²) in [5.74, 6) is -1.81. The van der Waals surface area contributed by atoms with Crippen molar-refractivity contribution in [2.75, 3.05) is 10.5 Å². The van der Waals surface area contributed by atoms with E-state index in [1.165, 1.54) is 18.2 Å². The van der Waals surface area contributed by atoms with Crippen LogP contribution in [0.5, 0.6) is 0 Å². The number of benzene rings is 1. The number of carboxylic acid groups (broad SMARTS) is 1. The van der Waals surface area contributed by atoms with Crippen molar-refractivity contribution in [2.45, 2.75) is 13.8 Å². The predicted octanol–water partition coefficient (Wildman–Crippen LogP) is 1.27. The highest BCUT2D eigenvalue weighted by molar-refractivity contribution is 7.92. The van der Waals surface area contributed by atoms with E-state index in [2.05, 4.69) is 4.72 Å². The SMILES string of the molecule is Cc1cc(NS(=O)(=O)CC#N)cc(C(=O)O)c1C. The van der Waals surface area contributed by atoms with Gasteiger partial charge in [-0.15, -0.1) is 0 Å². The molecule has 1 rings (SSSR count). The van der Waals surface area contributed by atoms with Crippen LogP contribution in [0.1, 0.15) is 21.5 Å². The van der Waals surface area contributed by atoms with Crippen molar-refractivity contribution in [1.29, 1.82) is 5.26 Å². The number of rotatable bonds is 4. The van der Waals surface area contributed by atoms with Crippen LogP contribution in [0.15, 0.2) is 12.1 Å². The summed E-state index contributed by atoms with van der Waals surface area (Å²) in [4.78, 5) is 11.0. The number of sulfonamides is 1. The molecule has 0 aliphatic carbocycles. The molecule has 0 unspecified atom stereocenters. The van der Waals surface area contributed by atoms with Gasteiger partial charge >= 0.3 is 5.97 Å². The van der Waals surface area contributed by atoms with Crippen LogP contribution in [0.4, 0.5) is 5.69 Å². The molecule has 96 valence electrons. The number of hydrogen-bond donors (Lipinski definition) is 2. The zero-order valence-electron chi connectivity index (χ0n) is 9.89. The van der Waals surface area contributed by atoms with Crippen molar-refractivity contribution < 1.29 is 18.3 Å². The van der Waals surface area contributed by atoms with Crippen LogP contribution in [-0.4, -0.2) is 25.2 Å². The van der Waals surface area contributed by atoms with Crippen LogP contribution in [0.25, 0.3) is 0 Å². The summed E-state index contributed by atoms with van der Waals surface area (Å²) in [6.07, 6.45) is 0. The second-order valence-electron chi connectivity index (χ2n) is 3.79. The maximum Gasteiger partial charge on any atom is 0.336 e. The van der Waals surface area contributed by atoms with Gasteiger partial charge < -0.3 is 5.11 Å². The van der Waals surface area contributed by atoms with Gasteiger partial charge in [-0.3, -0.25) is 4.72 Å². The molecule has 1 aromatic carbocycles. The van der Waals surface area contributed by atoms with Crippen LogP contribution in [0, 0.1) is 25.2 Å². The lowest BCUT2D eigenvalue weighted by Crippen LogP contribution is -2.16. The highest BCUT2D eigenvalue weighted by Crippen LogP contribution is 2.20. The summed E-state index contributed by atoms with van der Waals surface area (Å²) in [5.41, 5.74) is 1.41. The molecule has 2 N–H and O–H groups in total. The molecule has 0 atom stereocenters. The maximum atomic E-state index is 11.4. The third-order valence-electron chi connectivity index (χ3n) is 2.43. The fourth-order valence-corrected chi connectivity index (χ4v) is 2.16. The number of carboxylic acids is 1. The first kappa shape index (κ1) is 14.0. The summed E-state index contributed by atoms with van der Waals surface area (Å²) < 4.78 is 25.0. The number of carbonyl (C=O) groups is 1. The molecule has 0 radical (unpaired) electrons. The molecule has 0 amide bonds. The van der Waals surface area contributed by atoms with Gasteiger partial charge in [-0.25, -0.2) is 13.2 Å². The van der Waals surface area contributed by atoms with Gasteiger partial charge in [-0.05, 0) is 37.1 Å². The number of hydrogen-bond acceptors (Lipinski definition) is 4. The highest BCUT2D eigenvalue weighted by atomic mass is 32.2. The normalized spacial score (nSPS) is 10.7. The quantitative estimate of drug-likeness (QED) is 0.854. The van der Waals surface area contributed by atoms with Crippen LogP contribution >= 0.6 is 0 Å². The largest absolute Gasteiger partial charge is 0.478 e. The average molecular weight is 268 g/mol. The molecule has 0 aliphatic rings. The van der Waals surface area contributed by atoms with Gasteiger partial charge in [0.05, 0.1) is 11.6 Å². The number of nitriles is 1. The number of nitrogens with zero attached hydrogens (tertiary/aromatic N) is 1. The van der Waals surface area contributed by atoms with Crippen LogP contribution in [-0.2, 0) is 10.0 Å². The Kier molecular flexibility index (Phi) is 3.93. The number of aromatic carboxylic acids is 1. The van der Waals surface area contributed by atoms with Gasteiger partial charge in [-0.2, -0.15) is 5.26 Å². The fourth-order valence-electron chi connectivity index (χ4n) is 1.44. The summed E-state index contributed by atoms with van der Waals surface area (Å²) >= 11 is 0. The van der Waals surface area contributed by atoms with E-state index >= 15 is 0 Å². The molecule has 7 heteroatoms. The molecule has 0 aromatic heterocycles. The van der Waals surface area contributed by atoms with Crippen molar-refractivity contribution in [3.63, 3.8) is 0 Å². The van der Waals surface area contributed by atoms with E-state index < -0.39 is 21.7 Å². The summed E-state index contributed by atoms with van der Waals surface area (Å²) in [6, 6.07) is 4.29. The lowest BCUT2D eigenvalue weighted by Gasteiger charge is -2.10. The van der Waals surface area contributed by atoms with E-state index in [0.29, 0.717) is 11.1 Å². The topological polar surface area (TPSA) is 107 Å². The molecular weight excluding hydrogens is 256 g/mol. The van der Waals surface area contributed by atoms with E-state index in [9.17, 15) is 13.2 Å². The van der Waals surface area contributed by atoms with E-state index in [4.69, 9.17) is 10.4 Å². The summed E-state index contributed by atoms with van der Waals surface area (Å²) in [7, 11) is -3.76. The van der Waals surface area contributed by atoms with Gasteiger partial charge in [0.15, 0.2) is 5.75 Å². The monoisotopic (exact) mass is 268 g/mol. The zero-order chi connectivity index (χ0) is 13.9. The lowest BCUT2D eigenvalue weighted by molar-refractivity contribution is 0.0696. The first-order valence-electron chi connectivity index (χ1n) is 4.99. The third-order valence-corrected chi connectivity index (χ3v) is 3.48. The van der Waals surface area contributed by atoms with Gasteiger partial charge in [-0.1, -0.05) is 0 Å². The molecule has 18 heavy (non-hydrogen) atoms. The Morgan fingerprint density at radius 3 is 2.56 bits per heavy atom. The van der Waals surface area contributed by atoms with Gasteiger partial charge in [0.25, 0.3) is 0 Å². The van der Waals surface area contributed by atoms with E-state index in [-0.39, 0.29) is 11.3 Å². The van der Waals surface area contributed by atoms with Crippen molar-refractivity contribution >= 4 is 21.7 Å². The Bertz CT molecular complexity index is 629. The van der Waals surface area contributed by atoms with E-state index in [0.717, 1.165) is 0 Å².